The summed E-state index contributed by atoms with van der Waals surface area (Å²) in [4.78, 5) is 35.2. The van der Waals surface area contributed by atoms with Crippen molar-refractivity contribution in [2.75, 3.05) is 17.6 Å². The molecule has 3 amide bonds. The molecule has 1 heterocycles. The van der Waals surface area contributed by atoms with Crippen LogP contribution in [-0.4, -0.2) is 34.3 Å². The molecule has 0 aliphatic carbocycles. The normalized spacial score (nSPS) is 14.2. The fourth-order valence-corrected chi connectivity index (χ4v) is 2.35. The van der Waals surface area contributed by atoms with Gasteiger partial charge >= 0.3 is 0 Å². The Labute approximate surface area is 126 Å². The van der Waals surface area contributed by atoms with Crippen molar-refractivity contribution in [3.05, 3.63) is 29.8 Å². The van der Waals surface area contributed by atoms with Gasteiger partial charge in [0.05, 0.1) is 18.8 Å². The van der Waals surface area contributed by atoms with Crippen molar-refractivity contribution in [2.45, 2.75) is 6.54 Å². The number of anilines is 1. The lowest BCUT2D eigenvalue weighted by Gasteiger charge is -2.13. The minimum Gasteiger partial charge on any atom is -0.325 e. The molecule has 1 saturated heterocycles. The van der Waals surface area contributed by atoms with Crippen LogP contribution in [0.3, 0.4) is 0 Å². The Balaban J connectivity index is 0.00000200. The number of nitrogens with two attached hydrogens (primary N) is 1. The number of carbonyl (C=O) groups is 3. The first-order chi connectivity index (χ1) is 9.10. The van der Waals surface area contributed by atoms with E-state index in [9.17, 15) is 14.4 Å². The highest BCUT2D eigenvalue weighted by Gasteiger charge is 2.29. The van der Waals surface area contributed by atoms with Crippen LogP contribution >= 0.6 is 24.2 Å². The second-order valence-electron chi connectivity index (χ2n) is 3.98. The van der Waals surface area contributed by atoms with E-state index in [2.05, 4.69) is 5.32 Å². The lowest BCUT2D eigenvalue weighted by molar-refractivity contribution is -0.125. The third kappa shape index (κ3) is 3.96. The van der Waals surface area contributed by atoms with E-state index in [0.29, 0.717) is 5.69 Å². The summed E-state index contributed by atoms with van der Waals surface area (Å²) >= 11 is 1.01. The van der Waals surface area contributed by atoms with Crippen molar-refractivity contribution in [1.82, 2.24) is 4.90 Å². The van der Waals surface area contributed by atoms with E-state index >= 15 is 0 Å². The topological polar surface area (TPSA) is 92.5 Å². The first-order valence-electron chi connectivity index (χ1n) is 5.66. The zero-order valence-corrected chi connectivity index (χ0v) is 12.1. The van der Waals surface area contributed by atoms with Gasteiger partial charge in [-0.2, -0.15) is 0 Å². The minimum atomic E-state index is -0.269. The van der Waals surface area contributed by atoms with Crippen LogP contribution in [-0.2, 0) is 16.1 Å². The number of thioether (sulfide) groups is 1. The molecule has 20 heavy (non-hydrogen) atoms. The number of benzene rings is 1. The van der Waals surface area contributed by atoms with Crippen molar-refractivity contribution < 1.29 is 14.4 Å². The van der Waals surface area contributed by atoms with Crippen LogP contribution in [0.4, 0.5) is 10.5 Å². The number of carbonyl (C=O) groups excluding carboxylic acids is 3. The van der Waals surface area contributed by atoms with E-state index in [0.717, 1.165) is 17.3 Å². The second-order valence-corrected chi connectivity index (χ2v) is 4.91. The molecule has 0 bridgehead atoms. The molecule has 1 aromatic rings. The van der Waals surface area contributed by atoms with Crippen LogP contribution in [0.25, 0.3) is 0 Å². The van der Waals surface area contributed by atoms with Gasteiger partial charge in [0.1, 0.15) is 0 Å². The van der Waals surface area contributed by atoms with Crippen LogP contribution in [0.15, 0.2) is 24.3 Å². The number of imide groups is 1. The maximum absolute atomic E-state index is 11.5. The second kappa shape index (κ2) is 7.28. The quantitative estimate of drug-likeness (QED) is 0.871. The largest absolute Gasteiger partial charge is 0.325 e. The molecule has 0 radical (unpaired) electrons. The molecule has 108 valence electrons. The number of rotatable bonds is 4. The average Bonchev–Trinajstić information content (AvgIpc) is 2.72. The summed E-state index contributed by atoms with van der Waals surface area (Å²) in [5.74, 6) is -0.228. The highest BCUT2D eigenvalue weighted by molar-refractivity contribution is 8.14. The van der Waals surface area contributed by atoms with Crippen molar-refractivity contribution in [1.29, 1.82) is 0 Å². The fourth-order valence-electron chi connectivity index (χ4n) is 1.62. The molecule has 1 fully saturated rings. The molecular formula is C12H14ClN3O3S. The number of amides is 3. The van der Waals surface area contributed by atoms with E-state index < -0.39 is 0 Å². The number of hydrogen-bond acceptors (Lipinski definition) is 5. The highest BCUT2D eigenvalue weighted by Crippen LogP contribution is 2.21. The van der Waals surface area contributed by atoms with Crippen molar-refractivity contribution in [3.63, 3.8) is 0 Å². The van der Waals surface area contributed by atoms with Crippen LogP contribution < -0.4 is 11.1 Å². The molecular weight excluding hydrogens is 302 g/mol. The van der Waals surface area contributed by atoms with Gasteiger partial charge in [-0.3, -0.25) is 19.3 Å². The standard InChI is InChI=1S/C12H13N3O3S.ClH/c13-5-10(16)14-9-3-1-8(2-4-9)6-15-11(17)7-19-12(15)18;/h1-4H,5-7,13H2,(H,14,16);1H. The molecule has 0 aromatic heterocycles. The summed E-state index contributed by atoms with van der Waals surface area (Å²) in [5.41, 5.74) is 6.65. The van der Waals surface area contributed by atoms with Crippen molar-refractivity contribution >= 4 is 46.9 Å². The van der Waals surface area contributed by atoms with Crippen molar-refractivity contribution in [3.8, 4) is 0 Å². The van der Waals surface area contributed by atoms with E-state index in [4.69, 9.17) is 5.73 Å². The van der Waals surface area contributed by atoms with Gasteiger partial charge in [0.2, 0.25) is 11.8 Å². The lowest BCUT2D eigenvalue weighted by Crippen LogP contribution is -2.27. The SMILES string of the molecule is Cl.NCC(=O)Nc1ccc(CN2C(=O)CSC2=O)cc1. The van der Waals surface area contributed by atoms with E-state index in [1.54, 1.807) is 24.3 Å². The molecule has 8 heteroatoms. The summed E-state index contributed by atoms with van der Waals surface area (Å²) in [6.45, 7) is 0.186. The van der Waals surface area contributed by atoms with Gasteiger partial charge in [0.25, 0.3) is 5.24 Å². The molecule has 1 aliphatic rings. The predicted molar refractivity (Wildman–Crippen MR) is 79.8 cm³/mol. The summed E-state index contributed by atoms with van der Waals surface area (Å²) < 4.78 is 0. The van der Waals surface area contributed by atoms with E-state index in [1.807, 2.05) is 0 Å². The van der Waals surface area contributed by atoms with Gasteiger partial charge in [-0.1, -0.05) is 23.9 Å². The van der Waals surface area contributed by atoms with Gasteiger partial charge in [0, 0.05) is 5.69 Å². The highest BCUT2D eigenvalue weighted by atomic mass is 35.5. The number of nitrogens with zero attached hydrogens (tertiary/aromatic N) is 1. The molecule has 6 nitrogen and oxygen atoms in total. The number of hydrogen-bond donors (Lipinski definition) is 2. The Kier molecular flexibility index (Phi) is 6.00. The third-order valence-electron chi connectivity index (χ3n) is 2.60. The van der Waals surface area contributed by atoms with Crippen LogP contribution in [0.1, 0.15) is 5.56 Å². The molecule has 0 atom stereocenters. The Morgan fingerprint density at radius 3 is 2.45 bits per heavy atom. The first kappa shape index (κ1) is 16.5. The van der Waals surface area contributed by atoms with Gasteiger partial charge < -0.3 is 11.1 Å². The smallest absolute Gasteiger partial charge is 0.289 e. The summed E-state index contributed by atoms with van der Waals surface area (Å²) in [6, 6.07) is 6.94. The number of nitrogens with one attached hydrogen (secondary N) is 1. The van der Waals surface area contributed by atoms with Gasteiger partial charge in [0.15, 0.2) is 0 Å². The Morgan fingerprint density at radius 2 is 1.95 bits per heavy atom. The minimum absolute atomic E-state index is 0. The third-order valence-corrected chi connectivity index (χ3v) is 3.46. The molecule has 3 N–H and O–H groups in total. The van der Waals surface area contributed by atoms with Crippen LogP contribution in [0, 0.1) is 0 Å². The zero-order valence-electron chi connectivity index (χ0n) is 10.5. The maximum atomic E-state index is 11.5. The maximum Gasteiger partial charge on any atom is 0.289 e. The first-order valence-corrected chi connectivity index (χ1v) is 6.64. The molecule has 1 aromatic carbocycles. The molecule has 0 unspecified atom stereocenters. The predicted octanol–water partition coefficient (Wildman–Crippen LogP) is 1.20. The summed E-state index contributed by atoms with van der Waals surface area (Å²) in [5, 5.41) is 2.40. The van der Waals surface area contributed by atoms with Crippen LogP contribution in [0.2, 0.25) is 0 Å². The van der Waals surface area contributed by atoms with E-state index in [-0.39, 0.29) is 48.3 Å². The summed E-state index contributed by atoms with van der Waals surface area (Å²) in [7, 11) is 0. The average molecular weight is 316 g/mol. The van der Waals surface area contributed by atoms with Crippen molar-refractivity contribution in [2.24, 2.45) is 5.73 Å². The molecule has 0 saturated carbocycles. The Hall–Kier alpha value is -1.57. The Bertz CT molecular complexity index is 505. The summed E-state index contributed by atoms with van der Waals surface area (Å²) in [6.07, 6.45) is 0. The molecule has 1 aliphatic heterocycles. The lowest BCUT2D eigenvalue weighted by atomic mass is 10.2. The van der Waals surface area contributed by atoms with Gasteiger partial charge in [-0.25, -0.2) is 0 Å². The zero-order chi connectivity index (χ0) is 13.8. The van der Waals surface area contributed by atoms with E-state index in [1.165, 1.54) is 4.90 Å². The van der Waals surface area contributed by atoms with Crippen LogP contribution in [0.5, 0.6) is 0 Å². The number of halogens is 1. The fraction of sp³-hybridized carbons (Fsp3) is 0.250. The molecule has 2 rings (SSSR count). The Morgan fingerprint density at radius 1 is 1.30 bits per heavy atom. The monoisotopic (exact) mass is 315 g/mol. The molecule has 0 spiro atoms. The van der Waals surface area contributed by atoms with Gasteiger partial charge in [-0.05, 0) is 17.7 Å². The van der Waals surface area contributed by atoms with Gasteiger partial charge in [-0.15, -0.1) is 12.4 Å².